The first kappa shape index (κ1) is 20.6. The maximum absolute atomic E-state index is 13.4. The average Bonchev–Trinajstić information content (AvgIpc) is 3.24. The van der Waals surface area contributed by atoms with Gasteiger partial charge in [0.1, 0.15) is 11.5 Å². The number of carbonyl (C=O) groups is 1. The Morgan fingerprint density at radius 3 is 2.63 bits per heavy atom. The number of halogens is 1. The van der Waals surface area contributed by atoms with E-state index < -0.39 is 12.0 Å². The number of allylic oxidation sites excluding steroid dienone is 1. The fourth-order valence-electron chi connectivity index (χ4n) is 3.41. The van der Waals surface area contributed by atoms with Gasteiger partial charge in [-0.1, -0.05) is 39.4 Å². The fourth-order valence-corrected chi connectivity index (χ4v) is 4.70. The summed E-state index contributed by atoms with van der Waals surface area (Å²) in [6.45, 7) is 5.61. The van der Waals surface area contributed by atoms with Crippen LogP contribution >= 0.6 is 27.3 Å². The number of aromatic nitrogens is 1. The number of fused-ring (bicyclic) bond motifs is 1. The molecule has 0 bridgehead atoms. The van der Waals surface area contributed by atoms with Crippen LogP contribution < -0.4 is 14.9 Å². The van der Waals surface area contributed by atoms with Crippen molar-refractivity contribution in [2.45, 2.75) is 26.8 Å². The van der Waals surface area contributed by atoms with Crippen LogP contribution in [0.4, 0.5) is 0 Å². The summed E-state index contributed by atoms with van der Waals surface area (Å²) in [5, 5.41) is 0. The summed E-state index contributed by atoms with van der Waals surface area (Å²) in [6.07, 6.45) is 1.71. The van der Waals surface area contributed by atoms with Crippen molar-refractivity contribution in [2.75, 3.05) is 6.61 Å². The Morgan fingerprint density at radius 2 is 2.00 bits per heavy atom. The van der Waals surface area contributed by atoms with Crippen molar-refractivity contribution in [3.05, 3.63) is 88.9 Å². The zero-order valence-corrected chi connectivity index (χ0v) is 19.0. The number of hydrogen-bond donors (Lipinski definition) is 0. The minimum Gasteiger partial charge on any atom is -0.463 e. The van der Waals surface area contributed by atoms with Gasteiger partial charge in [-0.3, -0.25) is 9.36 Å². The highest BCUT2D eigenvalue weighted by atomic mass is 79.9. The van der Waals surface area contributed by atoms with Gasteiger partial charge in [0.15, 0.2) is 4.80 Å². The van der Waals surface area contributed by atoms with Crippen LogP contribution in [0.15, 0.2) is 66.3 Å². The van der Waals surface area contributed by atoms with Gasteiger partial charge >= 0.3 is 5.97 Å². The number of carbonyl (C=O) groups excluding carboxylic acids is 1. The Balaban J connectivity index is 1.96. The third-order valence-corrected chi connectivity index (χ3v) is 6.25. The highest BCUT2D eigenvalue weighted by Gasteiger charge is 2.33. The number of thiazole rings is 1. The van der Waals surface area contributed by atoms with Crippen LogP contribution in [-0.4, -0.2) is 17.1 Å². The monoisotopic (exact) mass is 486 g/mol. The van der Waals surface area contributed by atoms with Crippen LogP contribution in [0.3, 0.4) is 0 Å². The van der Waals surface area contributed by atoms with E-state index in [9.17, 15) is 9.59 Å². The van der Waals surface area contributed by atoms with E-state index >= 15 is 0 Å². The molecule has 0 N–H and O–H groups in total. The SMILES string of the molecule is CCOC(=O)C1=C(C)N=c2s/c(=C/c3ccc(C)o3)c(=O)n2[C@H]1c1ccc(Br)cc1. The molecule has 2 aromatic heterocycles. The van der Waals surface area contributed by atoms with Gasteiger partial charge in [-0.05, 0) is 50.6 Å². The zero-order chi connectivity index (χ0) is 21.4. The number of aryl methyl sites for hydroxylation is 1. The summed E-state index contributed by atoms with van der Waals surface area (Å²) in [7, 11) is 0. The minimum atomic E-state index is -0.617. The lowest BCUT2D eigenvalue weighted by Gasteiger charge is -2.24. The number of hydrogen-bond acceptors (Lipinski definition) is 6. The summed E-state index contributed by atoms with van der Waals surface area (Å²) in [4.78, 5) is 31.2. The lowest BCUT2D eigenvalue weighted by Crippen LogP contribution is -2.39. The van der Waals surface area contributed by atoms with E-state index in [0.29, 0.717) is 26.4 Å². The van der Waals surface area contributed by atoms with E-state index in [4.69, 9.17) is 9.15 Å². The van der Waals surface area contributed by atoms with Gasteiger partial charge in [0.2, 0.25) is 0 Å². The minimum absolute atomic E-state index is 0.227. The molecule has 1 atom stereocenters. The molecule has 0 fully saturated rings. The maximum Gasteiger partial charge on any atom is 0.338 e. The summed E-state index contributed by atoms with van der Waals surface area (Å²) in [5.41, 5.74) is 1.49. The second-order valence-corrected chi connectivity index (χ2v) is 8.73. The third kappa shape index (κ3) is 3.73. The van der Waals surface area contributed by atoms with E-state index in [1.165, 1.54) is 11.3 Å². The summed E-state index contributed by atoms with van der Waals surface area (Å²) < 4.78 is 13.8. The summed E-state index contributed by atoms with van der Waals surface area (Å²) in [6, 6.07) is 10.6. The number of benzene rings is 1. The molecule has 0 amide bonds. The first-order chi connectivity index (χ1) is 14.4. The largest absolute Gasteiger partial charge is 0.463 e. The normalized spacial score (nSPS) is 16.4. The highest BCUT2D eigenvalue weighted by Crippen LogP contribution is 2.31. The van der Waals surface area contributed by atoms with Crippen LogP contribution in [0.2, 0.25) is 0 Å². The Morgan fingerprint density at radius 1 is 1.27 bits per heavy atom. The fraction of sp³-hybridized carbons (Fsp3) is 0.227. The number of furan rings is 1. The van der Waals surface area contributed by atoms with Gasteiger partial charge in [0, 0.05) is 10.5 Å². The molecule has 4 rings (SSSR count). The molecule has 154 valence electrons. The Labute approximate surface area is 185 Å². The lowest BCUT2D eigenvalue weighted by molar-refractivity contribution is -0.139. The van der Waals surface area contributed by atoms with Gasteiger partial charge in [-0.25, -0.2) is 9.79 Å². The van der Waals surface area contributed by atoms with Crippen LogP contribution in [0.1, 0.15) is 37.0 Å². The first-order valence-corrected chi connectivity index (χ1v) is 11.0. The standard InChI is InChI=1S/C22H19BrN2O4S/c1-4-28-21(27)18-13(3)24-22-25(19(18)14-6-8-15(23)9-7-14)20(26)17(30-22)11-16-10-5-12(2)29-16/h5-11,19H,4H2,1-3H3/b17-11+/t19-/m0/s1. The van der Waals surface area contributed by atoms with Crippen molar-refractivity contribution in [1.82, 2.24) is 4.57 Å². The van der Waals surface area contributed by atoms with Crippen LogP contribution in [0.5, 0.6) is 0 Å². The molecule has 0 spiro atoms. The van der Waals surface area contributed by atoms with E-state index in [2.05, 4.69) is 20.9 Å². The zero-order valence-electron chi connectivity index (χ0n) is 16.6. The first-order valence-electron chi connectivity index (χ1n) is 9.40. The van der Waals surface area contributed by atoms with E-state index in [1.807, 2.05) is 43.3 Å². The van der Waals surface area contributed by atoms with Gasteiger partial charge in [-0.15, -0.1) is 0 Å². The lowest BCUT2D eigenvalue weighted by atomic mass is 9.96. The molecule has 0 saturated carbocycles. The molecule has 3 aromatic rings. The maximum atomic E-state index is 13.4. The predicted molar refractivity (Wildman–Crippen MR) is 118 cm³/mol. The van der Waals surface area contributed by atoms with E-state index in [1.54, 1.807) is 24.5 Å². The molecule has 8 heteroatoms. The number of ether oxygens (including phenoxy) is 1. The molecule has 30 heavy (non-hydrogen) atoms. The smallest absolute Gasteiger partial charge is 0.338 e. The molecule has 3 heterocycles. The quantitative estimate of drug-likeness (QED) is 0.529. The molecule has 1 aliphatic heterocycles. The molecule has 0 aliphatic carbocycles. The van der Waals surface area contributed by atoms with Crippen molar-refractivity contribution in [3.8, 4) is 0 Å². The van der Waals surface area contributed by atoms with Crippen molar-refractivity contribution in [3.63, 3.8) is 0 Å². The Bertz CT molecular complexity index is 1330. The number of rotatable bonds is 4. The molecule has 6 nitrogen and oxygen atoms in total. The molecule has 0 saturated heterocycles. The molecule has 0 radical (unpaired) electrons. The third-order valence-electron chi connectivity index (χ3n) is 4.74. The Kier molecular flexibility index (Phi) is 5.62. The average molecular weight is 487 g/mol. The summed E-state index contributed by atoms with van der Waals surface area (Å²) >= 11 is 4.71. The molecule has 0 unspecified atom stereocenters. The predicted octanol–water partition coefficient (Wildman–Crippen LogP) is 3.46. The molecular weight excluding hydrogens is 468 g/mol. The molecule has 1 aliphatic rings. The van der Waals surface area contributed by atoms with Gasteiger partial charge < -0.3 is 9.15 Å². The van der Waals surface area contributed by atoms with Gasteiger partial charge in [0.05, 0.1) is 28.5 Å². The van der Waals surface area contributed by atoms with Crippen LogP contribution in [0.25, 0.3) is 6.08 Å². The number of nitrogens with zero attached hydrogens (tertiary/aromatic N) is 2. The number of esters is 1. The van der Waals surface area contributed by atoms with Gasteiger partial charge in [0.25, 0.3) is 5.56 Å². The van der Waals surface area contributed by atoms with Crippen LogP contribution in [-0.2, 0) is 9.53 Å². The topological polar surface area (TPSA) is 73.8 Å². The molecule has 1 aromatic carbocycles. The van der Waals surface area contributed by atoms with E-state index in [-0.39, 0.29) is 12.2 Å². The van der Waals surface area contributed by atoms with Crippen molar-refractivity contribution in [1.29, 1.82) is 0 Å². The van der Waals surface area contributed by atoms with E-state index in [0.717, 1.165) is 15.8 Å². The highest BCUT2D eigenvalue weighted by molar-refractivity contribution is 9.10. The van der Waals surface area contributed by atoms with Crippen molar-refractivity contribution >= 4 is 39.3 Å². The second kappa shape index (κ2) is 8.20. The van der Waals surface area contributed by atoms with Crippen molar-refractivity contribution in [2.24, 2.45) is 4.99 Å². The molecular formula is C22H19BrN2O4S. The van der Waals surface area contributed by atoms with Crippen LogP contribution in [0, 0.1) is 6.92 Å². The second-order valence-electron chi connectivity index (χ2n) is 6.80. The van der Waals surface area contributed by atoms with Gasteiger partial charge in [-0.2, -0.15) is 0 Å². The van der Waals surface area contributed by atoms with Crippen molar-refractivity contribution < 1.29 is 13.9 Å². The summed E-state index contributed by atoms with van der Waals surface area (Å²) in [5.74, 6) is 0.893. The Hall–Kier alpha value is -2.71.